The zero-order chi connectivity index (χ0) is 18.0. The van der Waals surface area contributed by atoms with Crippen LogP contribution in [0.3, 0.4) is 0 Å². The molecule has 1 aromatic carbocycles. The highest BCUT2D eigenvalue weighted by Gasteiger charge is 2.16. The van der Waals surface area contributed by atoms with Gasteiger partial charge in [-0.1, -0.05) is 6.07 Å². The summed E-state index contributed by atoms with van der Waals surface area (Å²) < 4.78 is 31.7. The SMILES string of the molecule is Cc1cc(Oc2ncccc2C(F)F)ccc1-c1c(C)cnnc1C. The van der Waals surface area contributed by atoms with Gasteiger partial charge < -0.3 is 4.74 Å². The molecule has 0 unspecified atom stereocenters. The maximum atomic E-state index is 13.1. The summed E-state index contributed by atoms with van der Waals surface area (Å²) >= 11 is 0. The van der Waals surface area contributed by atoms with Crippen LogP contribution in [0.1, 0.15) is 28.8 Å². The zero-order valence-corrected chi connectivity index (χ0v) is 14.1. The first-order chi connectivity index (χ1) is 12.0. The lowest BCUT2D eigenvalue weighted by atomic mass is 9.96. The molecular weight excluding hydrogens is 324 g/mol. The molecule has 0 saturated heterocycles. The normalized spacial score (nSPS) is 11.0. The Morgan fingerprint density at radius 2 is 1.84 bits per heavy atom. The lowest BCUT2D eigenvalue weighted by Crippen LogP contribution is -1.98. The molecule has 0 aliphatic heterocycles. The summed E-state index contributed by atoms with van der Waals surface area (Å²) in [5.74, 6) is 0.377. The van der Waals surface area contributed by atoms with E-state index in [1.165, 1.54) is 18.3 Å². The molecule has 0 aliphatic carbocycles. The molecule has 25 heavy (non-hydrogen) atoms. The van der Waals surface area contributed by atoms with Crippen LogP contribution in [-0.2, 0) is 0 Å². The van der Waals surface area contributed by atoms with Crippen molar-refractivity contribution in [3.63, 3.8) is 0 Å². The van der Waals surface area contributed by atoms with Gasteiger partial charge in [-0.3, -0.25) is 0 Å². The number of benzene rings is 1. The Labute approximate surface area is 144 Å². The molecule has 0 radical (unpaired) electrons. The van der Waals surface area contributed by atoms with E-state index in [4.69, 9.17) is 4.74 Å². The van der Waals surface area contributed by atoms with E-state index < -0.39 is 6.43 Å². The average Bonchev–Trinajstić information content (AvgIpc) is 2.57. The first-order valence-electron chi connectivity index (χ1n) is 7.78. The van der Waals surface area contributed by atoms with Crippen LogP contribution < -0.4 is 4.74 Å². The quantitative estimate of drug-likeness (QED) is 0.655. The summed E-state index contributed by atoms with van der Waals surface area (Å²) in [6.07, 6.45) is 0.504. The fourth-order valence-electron chi connectivity index (χ4n) is 2.76. The van der Waals surface area contributed by atoms with Crippen molar-refractivity contribution in [2.24, 2.45) is 0 Å². The predicted molar refractivity (Wildman–Crippen MR) is 90.9 cm³/mol. The fraction of sp³-hybridized carbons (Fsp3) is 0.211. The van der Waals surface area contributed by atoms with Gasteiger partial charge in [0, 0.05) is 11.8 Å². The van der Waals surface area contributed by atoms with Crippen LogP contribution in [0.2, 0.25) is 0 Å². The fourth-order valence-corrected chi connectivity index (χ4v) is 2.76. The Bertz CT molecular complexity index is 893. The molecule has 2 heterocycles. The molecule has 0 atom stereocenters. The topological polar surface area (TPSA) is 47.9 Å². The van der Waals surface area contributed by atoms with Gasteiger partial charge in [0.1, 0.15) is 5.75 Å². The lowest BCUT2D eigenvalue weighted by Gasteiger charge is -2.14. The number of nitrogens with zero attached hydrogens (tertiary/aromatic N) is 3. The Morgan fingerprint density at radius 3 is 2.52 bits per heavy atom. The van der Waals surface area contributed by atoms with E-state index in [2.05, 4.69) is 15.2 Å². The van der Waals surface area contributed by atoms with Crippen molar-refractivity contribution in [2.45, 2.75) is 27.2 Å². The molecule has 2 aromatic heterocycles. The van der Waals surface area contributed by atoms with Crippen molar-refractivity contribution in [1.82, 2.24) is 15.2 Å². The molecule has 3 aromatic rings. The number of alkyl halides is 2. The number of pyridine rings is 1. The van der Waals surface area contributed by atoms with Crippen molar-refractivity contribution >= 4 is 0 Å². The van der Waals surface area contributed by atoms with E-state index in [1.54, 1.807) is 18.3 Å². The number of ether oxygens (including phenoxy) is 1. The van der Waals surface area contributed by atoms with Crippen molar-refractivity contribution in [1.29, 1.82) is 0 Å². The van der Waals surface area contributed by atoms with Gasteiger partial charge in [-0.05, 0) is 61.7 Å². The van der Waals surface area contributed by atoms with Crippen LogP contribution in [0, 0.1) is 20.8 Å². The van der Waals surface area contributed by atoms with Gasteiger partial charge in [0.25, 0.3) is 6.43 Å². The Balaban J connectivity index is 1.96. The highest BCUT2D eigenvalue weighted by Crippen LogP contribution is 2.34. The van der Waals surface area contributed by atoms with Gasteiger partial charge in [0.2, 0.25) is 5.88 Å². The van der Waals surface area contributed by atoms with Crippen molar-refractivity contribution < 1.29 is 13.5 Å². The number of hydrogen-bond donors (Lipinski definition) is 0. The molecule has 0 fully saturated rings. The third-order valence-corrected chi connectivity index (χ3v) is 3.93. The molecule has 6 heteroatoms. The second-order valence-electron chi connectivity index (χ2n) is 5.77. The third kappa shape index (κ3) is 3.47. The number of rotatable bonds is 4. The van der Waals surface area contributed by atoms with Gasteiger partial charge >= 0.3 is 0 Å². The van der Waals surface area contributed by atoms with E-state index in [-0.39, 0.29) is 11.4 Å². The molecule has 0 aliphatic rings. The van der Waals surface area contributed by atoms with Crippen molar-refractivity contribution in [3.8, 4) is 22.8 Å². The number of aryl methyl sites for hydroxylation is 3. The molecule has 4 nitrogen and oxygen atoms in total. The highest BCUT2D eigenvalue weighted by molar-refractivity contribution is 5.72. The Morgan fingerprint density at radius 1 is 1.04 bits per heavy atom. The molecule has 0 saturated carbocycles. The van der Waals surface area contributed by atoms with E-state index in [1.807, 2.05) is 26.8 Å². The van der Waals surface area contributed by atoms with Crippen LogP contribution in [0.5, 0.6) is 11.6 Å². The summed E-state index contributed by atoms with van der Waals surface area (Å²) in [6.45, 7) is 5.82. The second-order valence-corrected chi connectivity index (χ2v) is 5.77. The minimum absolute atomic E-state index is 0.0809. The van der Waals surface area contributed by atoms with Gasteiger partial charge in [-0.2, -0.15) is 10.2 Å². The van der Waals surface area contributed by atoms with Crippen LogP contribution in [-0.4, -0.2) is 15.2 Å². The standard InChI is InChI=1S/C19H17F2N3O/c1-11-9-14(25-19-16(18(20)21)5-4-8-22-19)6-7-15(11)17-12(2)10-23-24-13(17)3/h4-10,18H,1-3H3. The highest BCUT2D eigenvalue weighted by atomic mass is 19.3. The first kappa shape index (κ1) is 17.0. The monoisotopic (exact) mass is 341 g/mol. The first-order valence-corrected chi connectivity index (χ1v) is 7.78. The molecule has 0 N–H and O–H groups in total. The third-order valence-electron chi connectivity index (χ3n) is 3.93. The number of halogens is 2. The molecule has 0 bridgehead atoms. The van der Waals surface area contributed by atoms with E-state index in [0.717, 1.165) is 27.9 Å². The molecule has 128 valence electrons. The number of hydrogen-bond acceptors (Lipinski definition) is 4. The second kappa shape index (κ2) is 6.93. The van der Waals surface area contributed by atoms with Crippen LogP contribution in [0.4, 0.5) is 8.78 Å². The van der Waals surface area contributed by atoms with E-state index in [9.17, 15) is 8.78 Å². The molecule has 0 amide bonds. The van der Waals surface area contributed by atoms with Gasteiger partial charge in [-0.15, -0.1) is 0 Å². The largest absolute Gasteiger partial charge is 0.439 e. The summed E-state index contributed by atoms with van der Waals surface area (Å²) in [5.41, 5.74) is 4.61. The average molecular weight is 341 g/mol. The molecule has 3 rings (SSSR count). The van der Waals surface area contributed by atoms with Crippen LogP contribution in [0.25, 0.3) is 11.1 Å². The maximum absolute atomic E-state index is 13.1. The van der Waals surface area contributed by atoms with E-state index in [0.29, 0.717) is 5.75 Å². The van der Waals surface area contributed by atoms with Gasteiger partial charge in [-0.25, -0.2) is 13.8 Å². The predicted octanol–water partition coefficient (Wildman–Crippen LogP) is 5.19. The summed E-state index contributed by atoms with van der Waals surface area (Å²) in [4.78, 5) is 3.91. The smallest absolute Gasteiger partial charge is 0.269 e. The van der Waals surface area contributed by atoms with Crippen molar-refractivity contribution in [3.05, 3.63) is 65.1 Å². The van der Waals surface area contributed by atoms with Crippen LogP contribution >= 0.6 is 0 Å². The molecule has 0 spiro atoms. The summed E-state index contributed by atoms with van der Waals surface area (Å²) in [7, 11) is 0. The lowest BCUT2D eigenvalue weighted by molar-refractivity contribution is 0.147. The van der Waals surface area contributed by atoms with Gasteiger partial charge in [0.15, 0.2) is 0 Å². The molecular formula is C19H17F2N3O. The minimum Gasteiger partial charge on any atom is -0.439 e. The summed E-state index contributed by atoms with van der Waals surface area (Å²) in [5, 5.41) is 8.05. The zero-order valence-electron chi connectivity index (χ0n) is 14.1. The summed E-state index contributed by atoms with van der Waals surface area (Å²) in [6, 6.07) is 8.21. The Kier molecular flexibility index (Phi) is 4.70. The van der Waals surface area contributed by atoms with Crippen LogP contribution in [0.15, 0.2) is 42.7 Å². The number of aromatic nitrogens is 3. The minimum atomic E-state index is -2.64. The van der Waals surface area contributed by atoms with Crippen molar-refractivity contribution in [2.75, 3.05) is 0 Å². The van der Waals surface area contributed by atoms with Gasteiger partial charge in [0.05, 0.1) is 17.5 Å². The Hall–Kier alpha value is -2.89. The van der Waals surface area contributed by atoms with E-state index >= 15 is 0 Å². The maximum Gasteiger partial charge on any atom is 0.269 e.